The molecule has 1 aromatic heterocycles. The molecular formula is C13H11NO4. The van der Waals surface area contributed by atoms with Gasteiger partial charge in [-0.15, -0.1) is 0 Å². The summed E-state index contributed by atoms with van der Waals surface area (Å²) in [5, 5.41) is 16.7. The van der Waals surface area contributed by atoms with E-state index in [1.54, 1.807) is 36.4 Å². The molecule has 0 radical (unpaired) electrons. The van der Waals surface area contributed by atoms with Gasteiger partial charge in [0, 0.05) is 12.4 Å². The van der Waals surface area contributed by atoms with Gasteiger partial charge in [0.2, 0.25) is 0 Å². The van der Waals surface area contributed by atoms with Gasteiger partial charge < -0.3 is 10.2 Å². The number of nitrogens with zero attached hydrogens (tertiary/aromatic N) is 1. The standard InChI is InChI=1S/C7H6O2.C6H5NO2/c8-7(9)6-4-2-1-3-5-6;8-6(9)5-2-1-3-7-4-5/h1-5H,(H,8,9);1-4H,(H,8,9). The SMILES string of the molecule is O=C(O)c1ccccc1.O=C(O)c1cccnc1. The first-order chi connectivity index (χ1) is 8.61. The molecule has 0 atom stereocenters. The molecule has 2 rings (SSSR count). The summed E-state index contributed by atoms with van der Waals surface area (Å²) >= 11 is 0. The van der Waals surface area contributed by atoms with Crippen molar-refractivity contribution in [2.75, 3.05) is 0 Å². The lowest BCUT2D eigenvalue weighted by Gasteiger charge is -1.88. The van der Waals surface area contributed by atoms with Crippen molar-refractivity contribution < 1.29 is 19.8 Å². The number of aromatic carboxylic acids is 2. The van der Waals surface area contributed by atoms with Crippen LogP contribution in [0, 0.1) is 0 Å². The summed E-state index contributed by atoms with van der Waals surface area (Å²) in [6.45, 7) is 0. The van der Waals surface area contributed by atoms with Crippen LogP contribution in [0.25, 0.3) is 0 Å². The highest BCUT2D eigenvalue weighted by atomic mass is 16.4. The smallest absolute Gasteiger partial charge is 0.337 e. The first-order valence-electron chi connectivity index (χ1n) is 5.03. The van der Waals surface area contributed by atoms with E-state index in [9.17, 15) is 9.59 Å². The maximum atomic E-state index is 10.2. The predicted molar refractivity (Wildman–Crippen MR) is 64.6 cm³/mol. The Balaban J connectivity index is 0.000000180. The molecule has 18 heavy (non-hydrogen) atoms. The fourth-order valence-electron chi connectivity index (χ4n) is 1.07. The van der Waals surface area contributed by atoms with Crippen LogP contribution in [0.1, 0.15) is 20.7 Å². The van der Waals surface area contributed by atoms with Crippen LogP contribution < -0.4 is 0 Å². The van der Waals surface area contributed by atoms with Crippen LogP contribution in [-0.2, 0) is 0 Å². The second kappa shape index (κ2) is 6.80. The van der Waals surface area contributed by atoms with Crippen LogP contribution >= 0.6 is 0 Å². The highest BCUT2D eigenvalue weighted by Gasteiger charge is 1.98. The lowest BCUT2D eigenvalue weighted by atomic mass is 10.2. The molecule has 5 heteroatoms. The monoisotopic (exact) mass is 245 g/mol. The van der Waals surface area contributed by atoms with E-state index in [1.807, 2.05) is 0 Å². The molecule has 0 unspecified atom stereocenters. The highest BCUT2D eigenvalue weighted by molar-refractivity contribution is 5.87. The summed E-state index contributed by atoms with van der Waals surface area (Å²) in [5.74, 6) is -1.82. The molecule has 0 saturated heterocycles. The molecule has 0 aliphatic carbocycles. The Morgan fingerprint density at radius 1 is 0.833 bits per heavy atom. The van der Waals surface area contributed by atoms with Gasteiger partial charge in [0.05, 0.1) is 11.1 Å². The average molecular weight is 245 g/mol. The Labute approximate surface area is 103 Å². The van der Waals surface area contributed by atoms with Crippen molar-refractivity contribution in [2.45, 2.75) is 0 Å². The molecule has 5 nitrogen and oxygen atoms in total. The molecule has 0 amide bonds. The minimum absolute atomic E-state index is 0.220. The van der Waals surface area contributed by atoms with Gasteiger partial charge in [-0.1, -0.05) is 18.2 Å². The van der Waals surface area contributed by atoms with E-state index in [-0.39, 0.29) is 5.56 Å². The molecular weight excluding hydrogens is 234 g/mol. The summed E-state index contributed by atoms with van der Waals surface area (Å²) in [6, 6.07) is 11.4. The van der Waals surface area contributed by atoms with E-state index in [0.717, 1.165) is 0 Å². The zero-order valence-corrected chi connectivity index (χ0v) is 9.35. The van der Waals surface area contributed by atoms with Gasteiger partial charge in [0.25, 0.3) is 0 Å². The molecule has 0 spiro atoms. The van der Waals surface area contributed by atoms with E-state index in [1.165, 1.54) is 18.5 Å². The lowest BCUT2D eigenvalue weighted by molar-refractivity contribution is 0.0686. The number of carboxylic acids is 2. The summed E-state index contributed by atoms with van der Waals surface area (Å²) in [4.78, 5) is 24.0. The van der Waals surface area contributed by atoms with E-state index < -0.39 is 11.9 Å². The van der Waals surface area contributed by atoms with Crippen molar-refractivity contribution in [1.82, 2.24) is 4.98 Å². The fourth-order valence-corrected chi connectivity index (χ4v) is 1.07. The number of carbonyl (C=O) groups is 2. The Morgan fingerprint density at radius 3 is 1.72 bits per heavy atom. The minimum atomic E-state index is -0.942. The van der Waals surface area contributed by atoms with Crippen LogP contribution in [0.5, 0.6) is 0 Å². The van der Waals surface area contributed by atoms with Crippen molar-refractivity contribution in [3.63, 3.8) is 0 Å². The molecule has 1 heterocycles. The first kappa shape index (κ1) is 13.4. The lowest BCUT2D eigenvalue weighted by Crippen LogP contribution is -1.94. The molecule has 1 aromatic carbocycles. The van der Waals surface area contributed by atoms with Gasteiger partial charge in [-0.25, -0.2) is 9.59 Å². The Kier molecular flexibility index (Phi) is 5.05. The van der Waals surface area contributed by atoms with Crippen LogP contribution in [0.4, 0.5) is 0 Å². The van der Waals surface area contributed by atoms with E-state index >= 15 is 0 Å². The van der Waals surface area contributed by atoms with Crippen molar-refractivity contribution in [3.05, 3.63) is 66.0 Å². The largest absolute Gasteiger partial charge is 0.478 e. The Hall–Kier alpha value is -2.69. The predicted octanol–water partition coefficient (Wildman–Crippen LogP) is 2.16. The zero-order chi connectivity index (χ0) is 13.4. The fraction of sp³-hybridized carbons (Fsp3) is 0. The van der Waals surface area contributed by atoms with Crippen molar-refractivity contribution in [2.24, 2.45) is 0 Å². The van der Waals surface area contributed by atoms with E-state index in [2.05, 4.69) is 4.98 Å². The van der Waals surface area contributed by atoms with Gasteiger partial charge in [-0.3, -0.25) is 4.98 Å². The molecule has 0 fully saturated rings. The maximum Gasteiger partial charge on any atom is 0.337 e. The Bertz CT molecular complexity index is 462. The molecule has 0 bridgehead atoms. The Morgan fingerprint density at radius 2 is 1.39 bits per heavy atom. The molecule has 2 N–H and O–H groups in total. The number of rotatable bonds is 2. The van der Waals surface area contributed by atoms with Gasteiger partial charge in [0.1, 0.15) is 0 Å². The zero-order valence-electron chi connectivity index (χ0n) is 9.35. The number of carboxylic acid groups (broad SMARTS) is 2. The number of hydrogen-bond acceptors (Lipinski definition) is 3. The third-order valence-electron chi connectivity index (χ3n) is 1.93. The van der Waals surface area contributed by atoms with Crippen LogP contribution in [0.3, 0.4) is 0 Å². The summed E-state index contributed by atoms with van der Waals surface area (Å²) in [5.41, 5.74) is 0.551. The summed E-state index contributed by atoms with van der Waals surface area (Å²) < 4.78 is 0. The average Bonchev–Trinajstić information content (AvgIpc) is 2.41. The maximum absolute atomic E-state index is 10.2. The molecule has 2 aromatic rings. The second-order valence-corrected chi connectivity index (χ2v) is 3.22. The van der Waals surface area contributed by atoms with Crippen LogP contribution in [-0.4, -0.2) is 27.1 Å². The van der Waals surface area contributed by atoms with E-state index in [4.69, 9.17) is 10.2 Å². The first-order valence-corrected chi connectivity index (χ1v) is 5.03. The van der Waals surface area contributed by atoms with Crippen molar-refractivity contribution in [3.8, 4) is 0 Å². The van der Waals surface area contributed by atoms with E-state index in [0.29, 0.717) is 5.56 Å². The molecule has 92 valence electrons. The summed E-state index contributed by atoms with van der Waals surface area (Å²) in [7, 11) is 0. The third-order valence-corrected chi connectivity index (χ3v) is 1.93. The summed E-state index contributed by atoms with van der Waals surface area (Å²) in [6.07, 6.45) is 2.84. The number of hydrogen-bond donors (Lipinski definition) is 2. The quantitative estimate of drug-likeness (QED) is 0.846. The van der Waals surface area contributed by atoms with Gasteiger partial charge in [0.15, 0.2) is 0 Å². The number of pyridine rings is 1. The van der Waals surface area contributed by atoms with Gasteiger partial charge in [-0.05, 0) is 24.3 Å². The minimum Gasteiger partial charge on any atom is -0.478 e. The van der Waals surface area contributed by atoms with Crippen molar-refractivity contribution in [1.29, 1.82) is 0 Å². The highest BCUT2D eigenvalue weighted by Crippen LogP contribution is 1.96. The third kappa shape index (κ3) is 4.44. The second-order valence-electron chi connectivity index (χ2n) is 3.22. The molecule has 0 aliphatic rings. The van der Waals surface area contributed by atoms with Crippen molar-refractivity contribution >= 4 is 11.9 Å². The van der Waals surface area contributed by atoms with Gasteiger partial charge >= 0.3 is 11.9 Å². The molecule has 0 saturated carbocycles. The van der Waals surface area contributed by atoms with Crippen LogP contribution in [0.15, 0.2) is 54.9 Å². The number of benzene rings is 1. The normalized spacial score (nSPS) is 8.89. The van der Waals surface area contributed by atoms with Gasteiger partial charge in [-0.2, -0.15) is 0 Å². The topological polar surface area (TPSA) is 87.5 Å². The van der Waals surface area contributed by atoms with Crippen LogP contribution in [0.2, 0.25) is 0 Å². The number of aromatic nitrogens is 1. The molecule has 0 aliphatic heterocycles.